The highest BCUT2D eigenvalue weighted by molar-refractivity contribution is 6.32. The highest BCUT2D eigenvalue weighted by atomic mass is 35.5. The quantitative estimate of drug-likeness (QED) is 0.631. The maximum absolute atomic E-state index is 13.2. The van der Waals surface area contributed by atoms with Crippen LogP contribution in [0, 0.1) is 27.3 Å². The van der Waals surface area contributed by atoms with Gasteiger partial charge in [0, 0.05) is 12.1 Å². The van der Waals surface area contributed by atoms with Crippen LogP contribution in [0.15, 0.2) is 36.4 Å². The Morgan fingerprint density at radius 1 is 1.25 bits per heavy atom. The minimum atomic E-state index is -0.688. The molecule has 0 aliphatic rings. The molecule has 7 heteroatoms. The minimum absolute atomic E-state index is 0.0966. The number of hydrogen-bond acceptors (Lipinski definition) is 4. The van der Waals surface area contributed by atoms with E-state index in [0.29, 0.717) is 5.56 Å². The number of benzene rings is 2. The molecule has 0 radical (unpaired) electrons. The number of nitro groups is 1. The molecule has 100 valence electrons. The second kappa shape index (κ2) is 5.55. The Morgan fingerprint density at radius 2 is 2.00 bits per heavy atom. The third-order valence-corrected chi connectivity index (χ3v) is 2.69. The highest BCUT2D eigenvalue weighted by Gasteiger charge is 2.17. The van der Waals surface area contributed by atoms with Crippen LogP contribution in [0.25, 0.3) is 0 Å². The number of rotatable bonds is 3. The molecule has 0 bridgehead atoms. The Bertz CT molecular complexity index is 728. The lowest BCUT2D eigenvalue weighted by atomic mass is 10.2. The molecule has 0 amide bonds. The predicted molar refractivity (Wildman–Crippen MR) is 69.3 cm³/mol. The van der Waals surface area contributed by atoms with Gasteiger partial charge in [0.15, 0.2) is 0 Å². The fraction of sp³-hybridized carbons (Fsp3) is 0. The second-order valence-corrected chi connectivity index (χ2v) is 4.14. The van der Waals surface area contributed by atoms with Crippen LogP contribution in [-0.4, -0.2) is 4.92 Å². The average molecular weight is 293 g/mol. The third-order valence-electron chi connectivity index (χ3n) is 2.40. The van der Waals surface area contributed by atoms with E-state index in [1.54, 1.807) is 0 Å². The van der Waals surface area contributed by atoms with Crippen molar-refractivity contribution >= 4 is 17.3 Å². The molecular formula is C13H6ClFN2O3. The van der Waals surface area contributed by atoms with E-state index in [4.69, 9.17) is 21.6 Å². The topological polar surface area (TPSA) is 76.2 Å². The Morgan fingerprint density at radius 3 is 2.60 bits per heavy atom. The van der Waals surface area contributed by atoms with Gasteiger partial charge >= 0.3 is 5.69 Å². The van der Waals surface area contributed by atoms with Crippen molar-refractivity contribution in [3.05, 3.63) is 62.9 Å². The van der Waals surface area contributed by atoms with Crippen LogP contribution in [0.3, 0.4) is 0 Å². The summed E-state index contributed by atoms with van der Waals surface area (Å²) in [5.41, 5.74) is -0.0667. The molecule has 0 atom stereocenters. The first-order chi connectivity index (χ1) is 9.51. The number of hydrogen-bond donors (Lipinski definition) is 0. The van der Waals surface area contributed by atoms with Crippen molar-refractivity contribution in [2.45, 2.75) is 0 Å². The molecule has 2 aromatic carbocycles. The van der Waals surface area contributed by atoms with Gasteiger partial charge in [0.1, 0.15) is 11.6 Å². The van der Waals surface area contributed by atoms with Crippen LogP contribution in [0.5, 0.6) is 11.5 Å². The van der Waals surface area contributed by atoms with E-state index in [0.717, 1.165) is 18.2 Å². The summed E-state index contributed by atoms with van der Waals surface area (Å²) >= 11 is 5.89. The lowest BCUT2D eigenvalue weighted by Crippen LogP contribution is -1.94. The molecule has 0 aliphatic heterocycles. The van der Waals surface area contributed by atoms with E-state index in [-0.39, 0.29) is 22.2 Å². The van der Waals surface area contributed by atoms with E-state index >= 15 is 0 Å². The highest BCUT2D eigenvalue weighted by Crippen LogP contribution is 2.35. The summed E-state index contributed by atoms with van der Waals surface area (Å²) < 4.78 is 18.4. The summed E-state index contributed by atoms with van der Waals surface area (Å²) in [5.74, 6) is -0.837. The van der Waals surface area contributed by atoms with Gasteiger partial charge in [-0.05, 0) is 24.3 Å². The van der Waals surface area contributed by atoms with Crippen molar-refractivity contribution in [2.75, 3.05) is 0 Å². The maximum atomic E-state index is 13.2. The number of halogens is 2. The first-order valence-corrected chi connectivity index (χ1v) is 5.70. The maximum Gasteiger partial charge on any atom is 0.311 e. The van der Waals surface area contributed by atoms with Gasteiger partial charge in [-0.15, -0.1) is 0 Å². The van der Waals surface area contributed by atoms with Gasteiger partial charge in [-0.1, -0.05) is 11.6 Å². The van der Waals surface area contributed by atoms with Gasteiger partial charge in [0.05, 0.1) is 21.6 Å². The smallest absolute Gasteiger partial charge is 0.311 e. The molecule has 0 N–H and O–H groups in total. The predicted octanol–water partition coefficient (Wildman–Crippen LogP) is 4.05. The lowest BCUT2D eigenvalue weighted by Gasteiger charge is -2.08. The summed E-state index contributed by atoms with van der Waals surface area (Å²) in [7, 11) is 0. The van der Waals surface area contributed by atoms with Gasteiger partial charge in [-0.3, -0.25) is 10.1 Å². The van der Waals surface area contributed by atoms with Gasteiger partial charge in [-0.2, -0.15) is 5.26 Å². The summed E-state index contributed by atoms with van der Waals surface area (Å²) in [4.78, 5) is 10.1. The monoisotopic (exact) mass is 292 g/mol. The summed E-state index contributed by atoms with van der Waals surface area (Å²) in [6.45, 7) is 0. The first kappa shape index (κ1) is 13.8. The Labute approximate surface area is 117 Å². The standard InChI is InChI=1S/C13H6ClFN2O3/c14-10-5-8(7-16)1-4-12(10)20-13-6-9(15)2-3-11(13)17(18)19/h1-6H. The zero-order valence-electron chi connectivity index (χ0n) is 9.84. The Kier molecular flexibility index (Phi) is 3.82. The van der Waals surface area contributed by atoms with Gasteiger partial charge < -0.3 is 4.74 Å². The molecule has 0 heterocycles. The molecule has 2 rings (SSSR count). The first-order valence-electron chi connectivity index (χ1n) is 5.32. The van der Waals surface area contributed by atoms with Crippen LogP contribution < -0.4 is 4.74 Å². The zero-order chi connectivity index (χ0) is 14.7. The SMILES string of the molecule is N#Cc1ccc(Oc2cc(F)ccc2[N+](=O)[O-])c(Cl)c1. The third kappa shape index (κ3) is 2.84. The van der Waals surface area contributed by atoms with Gasteiger partial charge in [0.2, 0.25) is 5.75 Å². The van der Waals surface area contributed by atoms with Crippen LogP contribution in [0.2, 0.25) is 5.02 Å². The van der Waals surface area contributed by atoms with Crippen molar-refractivity contribution in [3.63, 3.8) is 0 Å². The Balaban J connectivity index is 2.42. The number of ether oxygens (including phenoxy) is 1. The molecule has 20 heavy (non-hydrogen) atoms. The van der Waals surface area contributed by atoms with Crippen molar-refractivity contribution in [2.24, 2.45) is 0 Å². The molecule has 0 unspecified atom stereocenters. The van der Waals surface area contributed by atoms with Crippen LogP contribution >= 0.6 is 11.6 Å². The molecular weight excluding hydrogens is 287 g/mol. The molecule has 0 aliphatic carbocycles. The van der Waals surface area contributed by atoms with Crippen molar-refractivity contribution in [1.82, 2.24) is 0 Å². The van der Waals surface area contributed by atoms with Crippen molar-refractivity contribution in [3.8, 4) is 17.6 Å². The van der Waals surface area contributed by atoms with Gasteiger partial charge in [-0.25, -0.2) is 4.39 Å². The average Bonchev–Trinajstić information content (AvgIpc) is 2.40. The number of nitriles is 1. The van der Waals surface area contributed by atoms with Crippen LogP contribution in [-0.2, 0) is 0 Å². The van der Waals surface area contributed by atoms with E-state index in [1.165, 1.54) is 18.2 Å². The Hall–Kier alpha value is -2.65. The molecule has 0 aromatic heterocycles. The largest absolute Gasteiger partial charge is 0.448 e. The van der Waals surface area contributed by atoms with Crippen molar-refractivity contribution in [1.29, 1.82) is 5.26 Å². The molecule has 2 aromatic rings. The van der Waals surface area contributed by atoms with E-state index in [9.17, 15) is 14.5 Å². The van der Waals surface area contributed by atoms with Gasteiger partial charge in [0.25, 0.3) is 0 Å². The fourth-order valence-corrected chi connectivity index (χ4v) is 1.71. The lowest BCUT2D eigenvalue weighted by molar-refractivity contribution is -0.385. The summed E-state index contributed by atoms with van der Waals surface area (Å²) in [6, 6.07) is 8.92. The van der Waals surface area contributed by atoms with E-state index in [2.05, 4.69) is 0 Å². The fourth-order valence-electron chi connectivity index (χ4n) is 1.49. The number of nitro benzene ring substituents is 1. The summed E-state index contributed by atoms with van der Waals surface area (Å²) in [6.07, 6.45) is 0. The van der Waals surface area contributed by atoms with Crippen molar-refractivity contribution < 1.29 is 14.1 Å². The molecule has 0 saturated heterocycles. The molecule has 5 nitrogen and oxygen atoms in total. The van der Waals surface area contributed by atoms with E-state index < -0.39 is 10.7 Å². The molecule has 0 fully saturated rings. The molecule has 0 spiro atoms. The minimum Gasteiger partial charge on any atom is -0.448 e. The molecule has 0 saturated carbocycles. The van der Waals surface area contributed by atoms with Crippen LogP contribution in [0.4, 0.5) is 10.1 Å². The second-order valence-electron chi connectivity index (χ2n) is 3.73. The van der Waals surface area contributed by atoms with E-state index in [1.807, 2.05) is 6.07 Å². The normalized spacial score (nSPS) is 9.85. The summed E-state index contributed by atoms with van der Waals surface area (Å²) in [5, 5.41) is 19.6. The van der Waals surface area contributed by atoms with Crippen LogP contribution in [0.1, 0.15) is 5.56 Å². The zero-order valence-corrected chi connectivity index (χ0v) is 10.6. The number of nitrogens with zero attached hydrogens (tertiary/aromatic N) is 2.